The van der Waals surface area contributed by atoms with Crippen molar-refractivity contribution in [2.75, 3.05) is 5.32 Å². The molecule has 0 atom stereocenters. The van der Waals surface area contributed by atoms with Crippen molar-refractivity contribution in [3.05, 3.63) is 28.8 Å². The van der Waals surface area contributed by atoms with Gasteiger partial charge in [-0.1, -0.05) is 17.7 Å². The van der Waals surface area contributed by atoms with E-state index in [2.05, 4.69) is 5.32 Å². The van der Waals surface area contributed by atoms with E-state index < -0.39 is 23.1 Å². The van der Waals surface area contributed by atoms with Gasteiger partial charge in [-0.2, -0.15) is 0 Å². The van der Waals surface area contributed by atoms with E-state index in [0.717, 1.165) is 0 Å². The van der Waals surface area contributed by atoms with Gasteiger partial charge in [0.2, 0.25) is 0 Å². The molecule has 0 saturated heterocycles. The summed E-state index contributed by atoms with van der Waals surface area (Å²) in [5.41, 5.74) is -1.05. The molecule has 6 heteroatoms. The lowest BCUT2D eigenvalue weighted by Gasteiger charge is -2.25. The first-order valence-electron chi connectivity index (χ1n) is 6.47. The molecule has 5 nitrogen and oxygen atoms in total. The summed E-state index contributed by atoms with van der Waals surface area (Å²) in [6.45, 7) is 8.34. The molecule has 1 amide bonds. The number of ether oxygens (including phenoxy) is 1. The number of hydrogen-bond acceptors (Lipinski definition) is 3. The second kappa shape index (κ2) is 5.93. The van der Waals surface area contributed by atoms with E-state index in [-0.39, 0.29) is 0 Å². The first kappa shape index (κ1) is 17.3. The quantitative estimate of drug-likeness (QED) is 0.882. The van der Waals surface area contributed by atoms with Crippen LogP contribution in [0.4, 0.5) is 10.5 Å². The Hall–Kier alpha value is -1.75. The SMILES string of the molecule is CC(C)(C)OC(=O)Nc1cc(Cl)ccc1C(C)(C)C(=O)O. The number of rotatable bonds is 3. The fraction of sp³-hybridized carbons (Fsp3) is 0.467. The lowest BCUT2D eigenvalue weighted by Crippen LogP contribution is -2.31. The standard InChI is InChI=1S/C15H20ClNO4/c1-14(2,3)21-13(20)17-11-8-9(16)6-7-10(11)15(4,5)12(18)19/h6-8H,1-5H3,(H,17,20)(H,18,19). The third-order valence-electron chi connectivity index (χ3n) is 2.83. The first-order valence-corrected chi connectivity index (χ1v) is 6.85. The van der Waals surface area contributed by atoms with Crippen molar-refractivity contribution < 1.29 is 19.4 Å². The van der Waals surface area contributed by atoms with E-state index >= 15 is 0 Å². The van der Waals surface area contributed by atoms with Crippen LogP contribution in [0.3, 0.4) is 0 Å². The molecule has 0 aliphatic carbocycles. The Kier molecular flexibility index (Phi) is 4.89. The summed E-state index contributed by atoms with van der Waals surface area (Å²) in [6, 6.07) is 4.68. The zero-order chi connectivity index (χ0) is 16.4. The molecule has 0 fully saturated rings. The number of hydrogen-bond donors (Lipinski definition) is 2. The molecular weight excluding hydrogens is 294 g/mol. The Morgan fingerprint density at radius 1 is 1.19 bits per heavy atom. The van der Waals surface area contributed by atoms with Crippen LogP contribution in [0.1, 0.15) is 40.2 Å². The van der Waals surface area contributed by atoms with Crippen molar-refractivity contribution in [2.45, 2.75) is 45.6 Å². The van der Waals surface area contributed by atoms with E-state index in [4.69, 9.17) is 16.3 Å². The topological polar surface area (TPSA) is 75.6 Å². The number of carboxylic acid groups (broad SMARTS) is 1. The zero-order valence-corrected chi connectivity index (χ0v) is 13.5. The molecule has 1 aromatic rings. The highest BCUT2D eigenvalue weighted by atomic mass is 35.5. The molecule has 0 spiro atoms. The van der Waals surface area contributed by atoms with Gasteiger partial charge in [-0.3, -0.25) is 10.1 Å². The molecule has 0 bridgehead atoms. The van der Waals surface area contributed by atoms with Gasteiger partial charge in [0.15, 0.2) is 0 Å². The van der Waals surface area contributed by atoms with Crippen LogP contribution in [0.25, 0.3) is 0 Å². The van der Waals surface area contributed by atoms with Crippen molar-refractivity contribution in [3.63, 3.8) is 0 Å². The van der Waals surface area contributed by atoms with Gasteiger partial charge in [0.25, 0.3) is 0 Å². The van der Waals surface area contributed by atoms with E-state index in [1.165, 1.54) is 6.07 Å². The van der Waals surface area contributed by atoms with E-state index in [9.17, 15) is 14.7 Å². The lowest BCUT2D eigenvalue weighted by atomic mass is 9.83. The molecular formula is C15H20ClNO4. The summed E-state index contributed by atoms with van der Waals surface area (Å²) in [7, 11) is 0. The molecule has 0 unspecified atom stereocenters. The maximum atomic E-state index is 11.9. The van der Waals surface area contributed by atoms with Gasteiger partial charge in [-0.25, -0.2) is 4.79 Å². The maximum Gasteiger partial charge on any atom is 0.412 e. The molecule has 0 aliphatic heterocycles. The van der Waals surface area contributed by atoms with Gasteiger partial charge in [0, 0.05) is 10.7 Å². The average molecular weight is 314 g/mol. The van der Waals surface area contributed by atoms with Crippen LogP contribution in [-0.4, -0.2) is 22.8 Å². The van der Waals surface area contributed by atoms with Gasteiger partial charge in [0.05, 0.1) is 5.41 Å². The van der Waals surface area contributed by atoms with E-state index in [1.54, 1.807) is 46.8 Å². The Morgan fingerprint density at radius 3 is 2.24 bits per heavy atom. The number of benzene rings is 1. The predicted molar refractivity (Wildman–Crippen MR) is 82.0 cm³/mol. The minimum Gasteiger partial charge on any atom is -0.481 e. The third kappa shape index (κ3) is 4.63. The second-order valence-corrected chi connectivity index (χ2v) is 6.68. The maximum absolute atomic E-state index is 11.9. The molecule has 21 heavy (non-hydrogen) atoms. The molecule has 1 aromatic carbocycles. The van der Waals surface area contributed by atoms with Crippen LogP contribution < -0.4 is 5.32 Å². The number of anilines is 1. The smallest absolute Gasteiger partial charge is 0.412 e. The highest BCUT2D eigenvalue weighted by Gasteiger charge is 2.32. The van der Waals surface area contributed by atoms with E-state index in [0.29, 0.717) is 16.3 Å². The van der Waals surface area contributed by atoms with Crippen molar-refractivity contribution in [3.8, 4) is 0 Å². The van der Waals surface area contributed by atoms with Gasteiger partial charge in [-0.15, -0.1) is 0 Å². The lowest BCUT2D eigenvalue weighted by molar-refractivity contribution is -0.142. The number of aliphatic carboxylic acids is 1. The number of carbonyl (C=O) groups excluding carboxylic acids is 1. The highest BCUT2D eigenvalue weighted by Crippen LogP contribution is 2.32. The fourth-order valence-corrected chi connectivity index (χ4v) is 1.87. The summed E-state index contributed by atoms with van der Waals surface area (Å²) in [5, 5.41) is 12.3. The summed E-state index contributed by atoms with van der Waals surface area (Å²) >= 11 is 5.92. The number of nitrogens with one attached hydrogen (secondary N) is 1. The van der Waals surface area contributed by atoms with Crippen molar-refractivity contribution >= 4 is 29.4 Å². The third-order valence-corrected chi connectivity index (χ3v) is 3.06. The monoisotopic (exact) mass is 313 g/mol. The van der Waals surface area contributed by atoms with Crippen LogP contribution in [0.15, 0.2) is 18.2 Å². The zero-order valence-electron chi connectivity index (χ0n) is 12.8. The Labute approximate surface area is 129 Å². The summed E-state index contributed by atoms with van der Waals surface area (Å²) in [4.78, 5) is 23.3. The molecule has 0 aliphatic rings. The van der Waals surface area contributed by atoms with Gasteiger partial charge in [0.1, 0.15) is 5.60 Å². The number of halogens is 1. The highest BCUT2D eigenvalue weighted by molar-refractivity contribution is 6.31. The normalized spacial score (nSPS) is 11.9. The van der Waals surface area contributed by atoms with Crippen LogP contribution >= 0.6 is 11.6 Å². The fourth-order valence-electron chi connectivity index (χ4n) is 1.69. The van der Waals surface area contributed by atoms with Crippen molar-refractivity contribution in [1.29, 1.82) is 0 Å². The number of amides is 1. The van der Waals surface area contributed by atoms with Gasteiger partial charge >= 0.3 is 12.1 Å². The Balaban J connectivity index is 3.15. The number of carbonyl (C=O) groups is 2. The van der Waals surface area contributed by atoms with Crippen LogP contribution in [-0.2, 0) is 14.9 Å². The van der Waals surface area contributed by atoms with Gasteiger partial charge in [-0.05, 0) is 52.3 Å². The molecule has 0 heterocycles. The second-order valence-electron chi connectivity index (χ2n) is 6.25. The van der Waals surface area contributed by atoms with Crippen molar-refractivity contribution in [1.82, 2.24) is 0 Å². The summed E-state index contributed by atoms with van der Waals surface area (Å²) in [5.74, 6) is -1.00. The molecule has 2 N–H and O–H groups in total. The van der Waals surface area contributed by atoms with Crippen LogP contribution in [0.5, 0.6) is 0 Å². The van der Waals surface area contributed by atoms with E-state index in [1.807, 2.05) is 0 Å². The molecule has 116 valence electrons. The molecule has 0 saturated carbocycles. The summed E-state index contributed by atoms with van der Waals surface area (Å²) in [6.07, 6.45) is -0.660. The largest absolute Gasteiger partial charge is 0.481 e. The predicted octanol–water partition coefficient (Wildman–Crippen LogP) is 4.05. The molecule has 1 rings (SSSR count). The number of carboxylic acids is 1. The molecule has 0 aromatic heterocycles. The van der Waals surface area contributed by atoms with Crippen LogP contribution in [0, 0.1) is 0 Å². The minimum absolute atomic E-state index is 0.323. The van der Waals surface area contributed by atoms with Crippen molar-refractivity contribution in [2.24, 2.45) is 0 Å². The minimum atomic E-state index is -1.17. The Bertz CT molecular complexity index is 561. The van der Waals surface area contributed by atoms with Crippen LogP contribution in [0.2, 0.25) is 5.02 Å². The Morgan fingerprint density at radius 2 is 1.76 bits per heavy atom. The average Bonchev–Trinajstić information content (AvgIpc) is 2.25. The van der Waals surface area contributed by atoms with Gasteiger partial charge < -0.3 is 9.84 Å². The first-order chi connectivity index (χ1) is 9.43. The summed E-state index contributed by atoms with van der Waals surface area (Å²) < 4.78 is 5.17. The molecule has 0 radical (unpaired) electrons.